The molecule has 2 atom stereocenters. The van der Waals surface area contributed by atoms with E-state index in [2.05, 4.69) is 15.2 Å². The van der Waals surface area contributed by atoms with Crippen LogP contribution in [0, 0.1) is 0 Å². The molecule has 2 aromatic rings. The number of piperidine rings is 1. The Hall–Kier alpha value is -2.98. The Morgan fingerprint density at radius 2 is 1.82 bits per heavy atom. The largest absolute Gasteiger partial charge is 0.416 e. The zero-order chi connectivity index (χ0) is 26.9. The molecule has 0 radical (unpaired) electrons. The summed E-state index contributed by atoms with van der Waals surface area (Å²) < 4.78 is 38.9. The predicted molar refractivity (Wildman–Crippen MR) is 134 cm³/mol. The molecule has 3 aliphatic rings. The van der Waals surface area contributed by atoms with Crippen molar-refractivity contribution >= 4 is 11.8 Å². The fraction of sp³-hybridized carbons (Fsp3) is 0.536. The number of halogens is 3. The van der Waals surface area contributed by atoms with Crippen molar-refractivity contribution < 1.29 is 27.9 Å². The van der Waals surface area contributed by atoms with E-state index in [1.807, 2.05) is 23.1 Å². The quantitative estimate of drug-likeness (QED) is 0.616. The van der Waals surface area contributed by atoms with Crippen LogP contribution in [0.3, 0.4) is 0 Å². The molecule has 0 bridgehead atoms. The van der Waals surface area contributed by atoms with Gasteiger partial charge < -0.3 is 15.3 Å². The Bertz CT molecular complexity index is 1150. The Morgan fingerprint density at radius 3 is 2.53 bits per heavy atom. The summed E-state index contributed by atoms with van der Waals surface area (Å²) in [5.74, 6) is -0.913. The van der Waals surface area contributed by atoms with Gasteiger partial charge in [-0.05, 0) is 75.3 Å². The highest BCUT2D eigenvalue weighted by atomic mass is 19.4. The second-order valence-electron chi connectivity index (χ2n) is 10.6. The Morgan fingerprint density at radius 1 is 1.03 bits per heavy atom. The van der Waals surface area contributed by atoms with Gasteiger partial charge in [-0.15, -0.1) is 0 Å². The lowest BCUT2D eigenvalue weighted by atomic mass is 9.79. The van der Waals surface area contributed by atoms with Crippen LogP contribution in [-0.2, 0) is 16.6 Å². The summed E-state index contributed by atoms with van der Waals surface area (Å²) in [5.41, 5.74) is -1.20. The zero-order valence-electron chi connectivity index (χ0n) is 21.2. The van der Waals surface area contributed by atoms with Crippen molar-refractivity contribution in [2.45, 2.75) is 74.8 Å². The fourth-order valence-electron chi connectivity index (χ4n) is 6.48. The number of nitrogens with one attached hydrogen (secondary N) is 1. The summed E-state index contributed by atoms with van der Waals surface area (Å²) in [6.07, 6.45) is 2.87. The number of hydrogen-bond acceptors (Lipinski definition) is 5. The SMILES string of the molecule is O=C(NCC(=O)N1CCC[C@@H]2[C@H]1CCN2C1CCC(O)(c2ccccn2)CC1)c1cccc(C(F)(F)F)c1. The molecule has 7 nitrogen and oxygen atoms in total. The average Bonchev–Trinajstić information content (AvgIpc) is 3.36. The molecule has 1 aliphatic carbocycles. The number of carbonyl (C=O) groups is 2. The Labute approximate surface area is 220 Å². The van der Waals surface area contributed by atoms with Gasteiger partial charge in [-0.3, -0.25) is 19.5 Å². The van der Waals surface area contributed by atoms with Crippen molar-refractivity contribution in [2.75, 3.05) is 19.6 Å². The van der Waals surface area contributed by atoms with E-state index in [4.69, 9.17) is 0 Å². The number of benzene rings is 1. The molecule has 3 fully saturated rings. The molecule has 1 aromatic heterocycles. The number of aromatic nitrogens is 1. The van der Waals surface area contributed by atoms with Gasteiger partial charge >= 0.3 is 6.18 Å². The van der Waals surface area contributed by atoms with Crippen LogP contribution in [0.15, 0.2) is 48.7 Å². The van der Waals surface area contributed by atoms with Gasteiger partial charge in [0.05, 0.1) is 17.8 Å². The normalized spacial score (nSPS) is 28.1. The lowest BCUT2D eigenvalue weighted by Gasteiger charge is -2.45. The first kappa shape index (κ1) is 26.6. The fourth-order valence-corrected chi connectivity index (χ4v) is 6.48. The zero-order valence-corrected chi connectivity index (χ0v) is 21.2. The molecular weight excluding hydrogens is 497 g/mol. The summed E-state index contributed by atoms with van der Waals surface area (Å²) in [6, 6.07) is 10.4. The topological polar surface area (TPSA) is 85.8 Å². The number of pyridine rings is 1. The van der Waals surface area contributed by atoms with Gasteiger partial charge in [-0.25, -0.2) is 0 Å². The Kier molecular flexibility index (Phi) is 7.46. The van der Waals surface area contributed by atoms with E-state index in [-0.39, 0.29) is 30.1 Å². The molecule has 10 heteroatoms. The third-order valence-electron chi connectivity index (χ3n) is 8.42. The third-order valence-corrected chi connectivity index (χ3v) is 8.42. The standard InChI is InChI=1S/C28H33F3N4O3/c29-28(30,31)20-6-3-5-19(17-20)26(37)33-18-25(36)35-15-4-7-22-23(35)11-16-34(22)21-9-12-27(38,13-10-21)24-8-1-2-14-32-24/h1-3,5-6,8,14,17,21-23,38H,4,7,9-13,15-16,18H2,(H,33,37)/t21?,22-,23-,27?/m1/s1. The first-order valence-corrected chi connectivity index (χ1v) is 13.3. The van der Waals surface area contributed by atoms with Crippen LogP contribution in [0.25, 0.3) is 0 Å². The second kappa shape index (κ2) is 10.6. The monoisotopic (exact) mass is 530 g/mol. The van der Waals surface area contributed by atoms with E-state index < -0.39 is 23.2 Å². The highest BCUT2D eigenvalue weighted by Crippen LogP contribution is 2.41. The second-order valence-corrected chi connectivity index (χ2v) is 10.6. The van der Waals surface area contributed by atoms with Crippen molar-refractivity contribution in [3.05, 3.63) is 65.5 Å². The van der Waals surface area contributed by atoms with Gasteiger partial charge in [0.25, 0.3) is 5.91 Å². The van der Waals surface area contributed by atoms with E-state index in [0.29, 0.717) is 25.4 Å². The number of aliphatic hydroxyl groups is 1. The highest BCUT2D eigenvalue weighted by Gasteiger charge is 2.46. The van der Waals surface area contributed by atoms with Crippen molar-refractivity contribution in [2.24, 2.45) is 0 Å². The van der Waals surface area contributed by atoms with E-state index in [1.165, 1.54) is 12.1 Å². The molecule has 3 heterocycles. The number of likely N-dealkylation sites (tertiary alicyclic amines) is 2. The minimum absolute atomic E-state index is 0.0540. The molecule has 0 spiro atoms. The molecular formula is C28H33F3N4O3. The first-order chi connectivity index (χ1) is 18.2. The van der Waals surface area contributed by atoms with Gasteiger partial charge in [-0.1, -0.05) is 12.1 Å². The van der Waals surface area contributed by atoms with Crippen LogP contribution in [0.5, 0.6) is 0 Å². The number of rotatable bonds is 5. The van der Waals surface area contributed by atoms with Crippen molar-refractivity contribution in [3.63, 3.8) is 0 Å². The molecule has 2 saturated heterocycles. The first-order valence-electron chi connectivity index (χ1n) is 13.3. The molecule has 2 amide bonds. The van der Waals surface area contributed by atoms with Gasteiger partial charge in [-0.2, -0.15) is 13.2 Å². The molecule has 1 aromatic carbocycles. The van der Waals surface area contributed by atoms with Crippen LogP contribution < -0.4 is 5.32 Å². The number of alkyl halides is 3. The van der Waals surface area contributed by atoms with E-state index in [1.54, 1.807) is 6.20 Å². The van der Waals surface area contributed by atoms with E-state index >= 15 is 0 Å². The average molecular weight is 531 g/mol. The molecule has 204 valence electrons. The number of fused-ring (bicyclic) bond motifs is 1. The van der Waals surface area contributed by atoms with Gasteiger partial charge in [0.2, 0.25) is 5.91 Å². The number of carbonyl (C=O) groups excluding carboxylic acids is 2. The van der Waals surface area contributed by atoms with Crippen LogP contribution in [0.1, 0.15) is 66.6 Å². The summed E-state index contributed by atoms with van der Waals surface area (Å²) in [7, 11) is 0. The maximum absolute atomic E-state index is 13.1. The smallest absolute Gasteiger partial charge is 0.384 e. The third kappa shape index (κ3) is 5.42. The number of hydrogen-bond donors (Lipinski definition) is 2. The van der Waals surface area contributed by atoms with Gasteiger partial charge in [0.15, 0.2) is 0 Å². The van der Waals surface area contributed by atoms with Crippen molar-refractivity contribution in [1.29, 1.82) is 0 Å². The van der Waals surface area contributed by atoms with Crippen LogP contribution in [0.4, 0.5) is 13.2 Å². The van der Waals surface area contributed by atoms with Gasteiger partial charge in [0, 0.05) is 43.0 Å². The summed E-state index contributed by atoms with van der Waals surface area (Å²) in [4.78, 5) is 34.3. The molecule has 38 heavy (non-hydrogen) atoms. The lowest BCUT2D eigenvalue weighted by molar-refractivity contribution is -0.137. The predicted octanol–water partition coefficient (Wildman–Crippen LogP) is 3.73. The van der Waals surface area contributed by atoms with Crippen LogP contribution >= 0.6 is 0 Å². The summed E-state index contributed by atoms with van der Waals surface area (Å²) in [5, 5.41) is 13.7. The van der Waals surface area contributed by atoms with E-state index in [9.17, 15) is 27.9 Å². The summed E-state index contributed by atoms with van der Waals surface area (Å²) >= 11 is 0. The highest BCUT2D eigenvalue weighted by molar-refractivity contribution is 5.96. The van der Waals surface area contributed by atoms with Crippen molar-refractivity contribution in [3.8, 4) is 0 Å². The molecule has 2 aliphatic heterocycles. The van der Waals surface area contributed by atoms with E-state index in [0.717, 1.165) is 56.5 Å². The van der Waals surface area contributed by atoms with Crippen LogP contribution in [0.2, 0.25) is 0 Å². The number of nitrogens with zero attached hydrogens (tertiary/aromatic N) is 3. The van der Waals surface area contributed by atoms with Gasteiger partial charge in [0.1, 0.15) is 5.60 Å². The summed E-state index contributed by atoms with van der Waals surface area (Å²) in [6.45, 7) is 1.23. The molecule has 1 saturated carbocycles. The lowest BCUT2D eigenvalue weighted by Crippen LogP contribution is -2.56. The maximum Gasteiger partial charge on any atom is 0.416 e. The minimum atomic E-state index is -4.54. The maximum atomic E-state index is 13.1. The van der Waals surface area contributed by atoms with Crippen molar-refractivity contribution in [1.82, 2.24) is 20.1 Å². The molecule has 5 rings (SSSR count). The Balaban J connectivity index is 1.17. The van der Waals surface area contributed by atoms with Crippen LogP contribution in [-0.4, -0.2) is 69.5 Å². The molecule has 0 unspecified atom stereocenters. The molecule has 2 N–H and O–H groups in total. The number of amides is 2. The minimum Gasteiger partial charge on any atom is -0.384 e.